The summed E-state index contributed by atoms with van der Waals surface area (Å²) in [5, 5.41) is 11.9. The number of aryl methyl sites for hydroxylation is 1. The molecule has 0 radical (unpaired) electrons. The van der Waals surface area contributed by atoms with Gasteiger partial charge in [-0.3, -0.25) is 0 Å². The molecule has 0 unspecified atom stereocenters. The molecule has 0 bridgehead atoms. The summed E-state index contributed by atoms with van der Waals surface area (Å²) in [5.74, 6) is -3.19. The zero-order valence-corrected chi connectivity index (χ0v) is 17.8. The molecular weight excluding hydrogens is 428 g/mol. The predicted octanol–water partition coefficient (Wildman–Crippen LogP) is 5.28. The zero-order chi connectivity index (χ0) is 23.4. The van der Waals surface area contributed by atoms with Crippen molar-refractivity contribution in [2.24, 2.45) is 0 Å². The highest BCUT2D eigenvalue weighted by atomic mass is 19.2. The average Bonchev–Trinajstić information content (AvgIpc) is 3.13. The van der Waals surface area contributed by atoms with Crippen LogP contribution in [0.4, 0.5) is 13.6 Å². The van der Waals surface area contributed by atoms with Gasteiger partial charge in [-0.1, -0.05) is 54.6 Å². The Hall–Kier alpha value is -3.74. The number of aliphatic carboxylic acids is 1. The Morgan fingerprint density at radius 3 is 2.18 bits per heavy atom. The minimum absolute atomic E-state index is 0.0844. The van der Waals surface area contributed by atoms with Gasteiger partial charge in [0.2, 0.25) is 0 Å². The molecule has 1 atom stereocenters. The summed E-state index contributed by atoms with van der Waals surface area (Å²) in [6.07, 6.45) is 0.0366. The van der Waals surface area contributed by atoms with Crippen molar-refractivity contribution in [3.05, 3.63) is 95.1 Å². The van der Waals surface area contributed by atoms with Crippen LogP contribution >= 0.6 is 0 Å². The van der Waals surface area contributed by atoms with Crippen molar-refractivity contribution < 1.29 is 28.2 Å². The molecule has 170 valence electrons. The SMILES string of the molecule is O=C(N[C@@H](CCCc1ccc(F)c(F)c1)C(=O)O)OCC1c2ccccc2-c2ccccc21. The number of rotatable bonds is 8. The summed E-state index contributed by atoms with van der Waals surface area (Å²) in [4.78, 5) is 23.9. The number of amides is 1. The summed E-state index contributed by atoms with van der Waals surface area (Å²) in [6.45, 7) is 0.0844. The molecule has 3 aromatic rings. The van der Waals surface area contributed by atoms with E-state index in [1.165, 1.54) is 6.07 Å². The molecule has 5 nitrogen and oxygen atoms in total. The molecule has 0 spiro atoms. The van der Waals surface area contributed by atoms with E-state index >= 15 is 0 Å². The molecule has 1 aliphatic rings. The molecule has 33 heavy (non-hydrogen) atoms. The molecule has 0 saturated carbocycles. The largest absolute Gasteiger partial charge is 0.480 e. The number of carboxylic acid groups (broad SMARTS) is 1. The number of alkyl carbamates (subject to hydrolysis) is 1. The Balaban J connectivity index is 1.33. The van der Waals surface area contributed by atoms with Crippen molar-refractivity contribution >= 4 is 12.1 Å². The highest BCUT2D eigenvalue weighted by Gasteiger charge is 2.29. The van der Waals surface area contributed by atoms with Crippen LogP contribution in [0.5, 0.6) is 0 Å². The maximum absolute atomic E-state index is 13.3. The maximum Gasteiger partial charge on any atom is 0.407 e. The molecule has 2 N–H and O–H groups in total. The summed E-state index contributed by atoms with van der Waals surface area (Å²) >= 11 is 0. The molecule has 3 aromatic carbocycles. The van der Waals surface area contributed by atoms with Crippen LogP contribution in [0.25, 0.3) is 11.1 Å². The third-order valence-corrected chi connectivity index (χ3v) is 5.88. The van der Waals surface area contributed by atoms with E-state index in [2.05, 4.69) is 5.32 Å². The lowest BCUT2D eigenvalue weighted by Crippen LogP contribution is -2.41. The third kappa shape index (κ3) is 5.03. The minimum atomic E-state index is -1.19. The molecule has 0 aromatic heterocycles. The van der Waals surface area contributed by atoms with Crippen molar-refractivity contribution in [1.82, 2.24) is 5.32 Å². The Kier molecular flexibility index (Phi) is 6.68. The molecule has 0 fully saturated rings. The van der Waals surface area contributed by atoms with Gasteiger partial charge >= 0.3 is 12.1 Å². The smallest absolute Gasteiger partial charge is 0.407 e. The quantitative estimate of drug-likeness (QED) is 0.489. The monoisotopic (exact) mass is 451 g/mol. The van der Waals surface area contributed by atoms with Crippen molar-refractivity contribution in [3.63, 3.8) is 0 Å². The van der Waals surface area contributed by atoms with Gasteiger partial charge in [-0.2, -0.15) is 0 Å². The van der Waals surface area contributed by atoms with Gasteiger partial charge in [-0.05, 0) is 59.2 Å². The van der Waals surface area contributed by atoms with E-state index in [1.807, 2.05) is 48.5 Å². The van der Waals surface area contributed by atoms with E-state index in [-0.39, 0.29) is 18.9 Å². The third-order valence-electron chi connectivity index (χ3n) is 5.88. The lowest BCUT2D eigenvalue weighted by Gasteiger charge is -2.17. The lowest BCUT2D eigenvalue weighted by atomic mass is 9.98. The van der Waals surface area contributed by atoms with E-state index in [1.54, 1.807) is 0 Å². The van der Waals surface area contributed by atoms with Crippen LogP contribution in [0, 0.1) is 11.6 Å². The van der Waals surface area contributed by atoms with Crippen LogP contribution in [-0.2, 0) is 16.0 Å². The van der Waals surface area contributed by atoms with Crippen molar-refractivity contribution in [1.29, 1.82) is 0 Å². The number of fused-ring (bicyclic) bond motifs is 3. The molecule has 0 saturated heterocycles. The minimum Gasteiger partial charge on any atom is -0.480 e. The summed E-state index contributed by atoms with van der Waals surface area (Å²) in [7, 11) is 0. The molecule has 1 aliphatic carbocycles. The first-order chi connectivity index (χ1) is 15.9. The predicted molar refractivity (Wildman–Crippen MR) is 119 cm³/mol. The van der Waals surface area contributed by atoms with Gasteiger partial charge in [0.05, 0.1) is 0 Å². The van der Waals surface area contributed by atoms with Crippen molar-refractivity contribution in [3.8, 4) is 11.1 Å². The molecule has 7 heteroatoms. The Bertz CT molecular complexity index is 1130. The van der Waals surface area contributed by atoms with Gasteiger partial charge in [0, 0.05) is 5.92 Å². The van der Waals surface area contributed by atoms with Gasteiger partial charge < -0.3 is 15.2 Å². The molecule has 0 heterocycles. The molecule has 4 rings (SSSR count). The highest BCUT2D eigenvalue weighted by Crippen LogP contribution is 2.44. The maximum atomic E-state index is 13.3. The summed E-state index contributed by atoms with van der Waals surface area (Å²) in [6, 6.07) is 18.3. The van der Waals surface area contributed by atoms with Crippen LogP contribution < -0.4 is 5.32 Å². The molecule has 1 amide bonds. The molecular formula is C26H23F2NO4. The highest BCUT2D eigenvalue weighted by molar-refractivity contribution is 5.81. The van der Waals surface area contributed by atoms with Crippen LogP contribution in [0.3, 0.4) is 0 Å². The Labute approximate surface area is 190 Å². The normalized spacial score (nSPS) is 13.2. The fourth-order valence-corrected chi connectivity index (χ4v) is 4.25. The second-order valence-corrected chi connectivity index (χ2v) is 8.00. The van der Waals surface area contributed by atoms with Crippen LogP contribution in [0.15, 0.2) is 66.7 Å². The Morgan fingerprint density at radius 2 is 1.58 bits per heavy atom. The van der Waals surface area contributed by atoms with E-state index in [9.17, 15) is 23.5 Å². The lowest BCUT2D eigenvalue weighted by molar-refractivity contribution is -0.139. The number of carbonyl (C=O) groups is 2. The number of carboxylic acids is 1. The van der Waals surface area contributed by atoms with Crippen molar-refractivity contribution in [2.75, 3.05) is 6.61 Å². The number of ether oxygens (including phenoxy) is 1. The number of hydrogen-bond donors (Lipinski definition) is 2. The van der Waals surface area contributed by atoms with Gasteiger partial charge in [0.1, 0.15) is 12.6 Å². The summed E-state index contributed by atoms with van der Waals surface area (Å²) < 4.78 is 31.8. The van der Waals surface area contributed by atoms with E-state index in [4.69, 9.17) is 4.74 Å². The van der Waals surface area contributed by atoms with Crippen LogP contribution in [0.1, 0.15) is 35.4 Å². The van der Waals surface area contributed by atoms with E-state index in [0.717, 1.165) is 34.4 Å². The summed E-state index contributed by atoms with van der Waals surface area (Å²) in [5.41, 5.74) is 4.88. The Morgan fingerprint density at radius 1 is 0.939 bits per heavy atom. The van der Waals surface area contributed by atoms with Gasteiger partial charge in [-0.25, -0.2) is 18.4 Å². The number of hydrogen-bond acceptors (Lipinski definition) is 3. The standard InChI is InChI=1S/C26H23F2NO4/c27-22-13-12-16(14-23(22)28)6-5-11-24(25(30)31)29-26(32)33-15-21-19-9-3-1-7-17(19)18-8-2-4-10-20(18)21/h1-4,7-10,12-14,21,24H,5-6,11,15H2,(H,29,32)(H,30,31)/t24-/m0/s1. The van der Waals surface area contributed by atoms with Gasteiger partial charge in [-0.15, -0.1) is 0 Å². The second kappa shape index (κ2) is 9.81. The van der Waals surface area contributed by atoms with Crippen molar-refractivity contribution in [2.45, 2.75) is 31.2 Å². The number of nitrogens with one attached hydrogen (secondary N) is 1. The van der Waals surface area contributed by atoms with E-state index in [0.29, 0.717) is 18.4 Å². The van der Waals surface area contributed by atoms with Gasteiger partial charge in [0.25, 0.3) is 0 Å². The fourth-order valence-electron chi connectivity index (χ4n) is 4.25. The topological polar surface area (TPSA) is 75.6 Å². The number of carbonyl (C=O) groups excluding carboxylic acids is 1. The first-order valence-corrected chi connectivity index (χ1v) is 10.7. The fraction of sp³-hybridized carbons (Fsp3) is 0.231. The first kappa shape index (κ1) is 22.5. The van der Waals surface area contributed by atoms with Crippen LogP contribution in [0.2, 0.25) is 0 Å². The number of benzene rings is 3. The second-order valence-electron chi connectivity index (χ2n) is 8.00. The average molecular weight is 451 g/mol. The van der Waals surface area contributed by atoms with Gasteiger partial charge in [0.15, 0.2) is 11.6 Å². The van der Waals surface area contributed by atoms with Crippen LogP contribution in [-0.4, -0.2) is 29.8 Å². The number of halogens is 2. The van der Waals surface area contributed by atoms with E-state index < -0.39 is 29.7 Å². The zero-order valence-electron chi connectivity index (χ0n) is 17.8. The first-order valence-electron chi connectivity index (χ1n) is 10.7. The molecule has 0 aliphatic heterocycles.